The van der Waals surface area contributed by atoms with Crippen molar-refractivity contribution in [3.05, 3.63) is 64.2 Å². The highest BCUT2D eigenvalue weighted by Crippen LogP contribution is 2.36. The number of aryl methyl sites for hydroxylation is 3. The molecule has 5 nitrogen and oxygen atoms in total. The molecule has 0 radical (unpaired) electrons. The second-order valence-electron chi connectivity index (χ2n) is 7.00. The first-order valence-corrected chi connectivity index (χ1v) is 11.3. The van der Waals surface area contributed by atoms with Crippen molar-refractivity contribution >= 4 is 39.1 Å². The van der Waals surface area contributed by atoms with Crippen molar-refractivity contribution in [2.24, 2.45) is 0 Å². The van der Waals surface area contributed by atoms with Gasteiger partial charge in [-0.25, -0.2) is 4.98 Å². The van der Waals surface area contributed by atoms with Gasteiger partial charge < -0.3 is 4.74 Å². The Kier molecular flexibility index (Phi) is 5.83. The van der Waals surface area contributed by atoms with Crippen LogP contribution in [0.5, 0.6) is 5.75 Å². The molecule has 0 aliphatic carbocycles. The summed E-state index contributed by atoms with van der Waals surface area (Å²) in [5.74, 6) is 1.16. The number of ether oxygens (including phenoxy) is 1. The number of rotatable bonds is 6. The lowest BCUT2D eigenvalue weighted by Gasteiger charge is -2.07. The minimum absolute atomic E-state index is 0.0734. The molecule has 0 N–H and O–H groups in total. The summed E-state index contributed by atoms with van der Waals surface area (Å²) in [7, 11) is 1.64. The van der Waals surface area contributed by atoms with Crippen molar-refractivity contribution in [3.8, 4) is 17.0 Å². The first-order chi connectivity index (χ1) is 14.5. The van der Waals surface area contributed by atoms with Crippen molar-refractivity contribution < 1.29 is 9.53 Å². The number of nitrogens with zero attached hydrogens (tertiary/aromatic N) is 3. The number of thioether (sulfide) groups is 1. The van der Waals surface area contributed by atoms with Crippen LogP contribution in [0.1, 0.15) is 26.5 Å². The molecule has 0 unspecified atom stereocenters. The topological polar surface area (TPSA) is 65.0 Å². The molecule has 0 atom stereocenters. The largest absolute Gasteiger partial charge is 0.497 e. The minimum Gasteiger partial charge on any atom is -0.497 e. The Hall–Kier alpha value is -2.77. The minimum atomic E-state index is 0.0734. The van der Waals surface area contributed by atoms with Crippen LogP contribution in [-0.4, -0.2) is 33.8 Å². The highest BCUT2D eigenvalue weighted by atomic mass is 32.2. The van der Waals surface area contributed by atoms with Crippen LogP contribution in [0.25, 0.3) is 21.5 Å². The van der Waals surface area contributed by atoms with Crippen LogP contribution in [0.4, 0.5) is 0 Å². The molecule has 0 aliphatic heterocycles. The van der Waals surface area contributed by atoms with Crippen LogP contribution in [-0.2, 0) is 0 Å². The molecule has 4 aromatic rings. The molecule has 7 heteroatoms. The van der Waals surface area contributed by atoms with E-state index in [0.29, 0.717) is 10.8 Å². The van der Waals surface area contributed by atoms with Gasteiger partial charge in [-0.1, -0.05) is 23.9 Å². The third-order valence-corrected chi connectivity index (χ3v) is 6.86. The van der Waals surface area contributed by atoms with Gasteiger partial charge in [0.15, 0.2) is 5.78 Å². The molecule has 0 fully saturated rings. The molecule has 0 aliphatic rings. The Labute approximate surface area is 183 Å². The van der Waals surface area contributed by atoms with Crippen molar-refractivity contribution in [1.29, 1.82) is 0 Å². The average molecular weight is 436 g/mol. The summed E-state index contributed by atoms with van der Waals surface area (Å²) >= 11 is 2.98. The van der Waals surface area contributed by atoms with E-state index in [2.05, 4.69) is 15.2 Å². The van der Waals surface area contributed by atoms with E-state index in [1.807, 2.05) is 63.2 Å². The number of carbonyl (C=O) groups is 1. The van der Waals surface area contributed by atoms with Crippen molar-refractivity contribution in [2.75, 3.05) is 12.9 Å². The summed E-state index contributed by atoms with van der Waals surface area (Å²) < 4.78 is 6.22. The predicted octanol–water partition coefficient (Wildman–Crippen LogP) is 5.66. The van der Waals surface area contributed by atoms with Crippen LogP contribution in [0.3, 0.4) is 0 Å². The SMILES string of the molecule is COc1ccc(-c2nnc(SCC(=O)c3ccc(C)c(C)c3)c3nc(C)sc23)cc1. The highest BCUT2D eigenvalue weighted by molar-refractivity contribution is 8.00. The smallest absolute Gasteiger partial charge is 0.173 e. The van der Waals surface area contributed by atoms with Gasteiger partial charge in [0.2, 0.25) is 0 Å². The summed E-state index contributed by atoms with van der Waals surface area (Å²) in [4.78, 5) is 17.3. The molecule has 0 bridgehead atoms. The van der Waals surface area contributed by atoms with Crippen molar-refractivity contribution in [2.45, 2.75) is 25.8 Å². The van der Waals surface area contributed by atoms with E-state index in [9.17, 15) is 4.79 Å². The lowest BCUT2D eigenvalue weighted by molar-refractivity contribution is 0.102. The number of methoxy groups -OCH3 is 1. The second kappa shape index (κ2) is 8.53. The summed E-state index contributed by atoms with van der Waals surface area (Å²) in [6.07, 6.45) is 0. The number of hydrogen-bond donors (Lipinski definition) is 0. The van der Waals surface area contributed by atoms with Crippen molar-refractivity contribution in [3.63, 3.8) is 0 Å². The van der Waals surface area contributed by atoms with Crippen LogP contribution >= 0.6 is 23.1 Å². The van der Waals surface area contributed by atoms with Gasteiger partial charge in [-0.15, -0.1) is 21.5 Å². The Morgan fingerprint density at radius 1 is 1.03 bits per heavy atom. The van der Waals surface area contributed by atoms with Crippen molar-refractivity contribution in [1.82, 2.24) is 15.2 Å². The number of fused-ring (bicyclic) bond motifs is 1. The molecular formula is C23H21N3O2S2. The maximum absolute atomic E-state index is 12.7. The first kappa shape index (κ1) is 20.5. The monoisotopic (exact) mass is 435 g/mol. The summed E-state index contributed by atoms with van der Waals surface area (Å²) in [6.45, 7) is 6.03. The van der Waals surface area contributed by atoms with Gasteiger partial charge in [0, 0.05) is 11.1 Å². The standard InChI is InChI=1S/C23H21N3O2S2/c1-13-5-6-17(11-14(13)2)19(27)12-29-23-21-22(30-15(3)24-21)20(25-26-23)16-7-9-18(28-4)10-8-16/h5-11H,12H2,1-4H3. The molecule has 0 saturated heterocycles. The molecule has 2 heterocycles. The van der Waals surface area contributed by atoms with Gasteiger partial charge in [0.1, 0.15) is 22.0 Å². The van der Waals surface area contributed by atoms with Gasteiger partial charge in [0.05, 0.1) is 22.6 Å². The number of benzene rings is 2. The zero-order valence-electron chi connectivity index (χ0n) is 17.2. The molecule has 30 heavy (non-hydrogen) atoms. The summed E-state index contributed by atoms with van der Waals surface area (Å²) in [5, 5.41) is 10.5. The Morgan fingerprint density at radius 2 is 1.80 bits per heavy atom. The molecule has 152 valence electrons. The Morgan fingerprint density at radius 3 is 2.50 bits per heavy atom. The maximum Gasteiger partial charge on any atom is 0.173 e. The fraction of sp³-hybridized carbons (Fsp3) is 0.217. The van der Waals surface area contributed by atoms with E-state index in [4.69, 9.17) is 4.74 Å². The van der Waals surface area contributed by atoms with Crippen LogP contribution < -0.4 is 4.74 Å². The fourth-order valence-electron chi connectivity index (χ4n) is 3.09. The zero-order valence-corrected chi connectivity index (χ0v) is 18.9. The van der Waals surface area contributed by atoms with Crippen LogP contribution in [0.15, 0.2) is 47.5 Å². The van der Waals surface area contributed by atoms with Gasteiger partial charge in [-0.3, -0.25) is 4.79 Å². The van der Waals surface area contributed by atoms with E-state index in [0.717, 1.165) is 43.4 Å². The average Bonchev–Trinajstić information content (AvgIpc) is 3.15. The van der Waals surface area contributed by atoms with E-state index < -0.39 is 0 Å². The van der Waals surface area contributed by atoms with Crippen LogP contribution in [0, 0.1) is 20.8 Å². The first-order valence-electron chi connectivity index (χ1n) is 9.47. The number of aromatic nitrogens is 3. The second-order valence-corrected chi connectivity index (χ2v) is 9.17. The predicted molar refractivity (Wildman–Crippen MR) is 123 cm³/mol. The van der Waals surface area contributed by atoms with E-state index in [1.165, 1.54) is 17.3 Å². The maximum atomic E-state index is 12.7. The van der Waals surface area contributed by atoms with E-state index in [1.54, 1.807) is 18.4 Å². The number of carbonyl (C=O) groups excluding carboxylic acids is 1. The lowest BCUT2D eigenvalue weighted by atomic mass is 10.0. The summed E-state index contributed by atoms with van der Waals surface area (Å²) in [5.41, 5.74) is 5.57. The molecular weight excluding hydrogens is 414 g/mol. The molecule has 0 saturated carbocycles. The number of thiazole rings is 1. The third kappa shape index (κ3) is 4.08. The lowest BCUT2D eigenvalue weighted by Crippen LogP contribution is -2.04. The van der Waals surface area contributed by atoms with E-state index >= 15 is 0 Å². The fourth-order valence-corrected chi connectivity index (χ4v) is 4.90. The highest BCUT2D eigenvalue weighted by Gasteiger charge is 2.17. The van der Waals surface area contributed by atoms with E-state index in [-0.39, 0.29) is 5.78 Å². The Bertz CT molecular complexity index is 1230. The molecule has 2 aromatic carbocycles. The molecule has 4 rings (SSSR count). The van der Waals surface area contributed by atoms with Gasteiger partial charge in [0.25, 0.3) is 0 Å². The Balaban J connectivity index is 1.62. The summed E-state index contributed by atoms with van der Waals surface area (Å²) in [6, 6.07) is 13.5. The zero-order chi connectivity index (χ0) is 21.3. The quantitative estimate of drug-likeness (QED) is 0.287. The molecule has 0 spiro atoms. The number of ketones is 1. The third-order valence-electron chi connectivity index (χ3n) is 4.92. The molecule has 0 amide bonds. The van der Waals surface area contributed by atoms with Gasteiger partial charge >= 0.3 is 0 Å². The van der Waals surface area contributed by atoms with Gasteiger partial charge in [-0.2, -0.15) is 0 Å². The van der Waals surface area contributed by atoms with Crippen LogP contribution in [0.2, 0.25) is 0 Å². The van der Waals surface area contributed by atoms with Gasteiger partial charge in [-0.05, 0) is 62.2 Å². The number of hydrogen-bond acceptors (Lipinski definition) is 7. The number of Topliss-reactive ketones (excluding diaryl/α,β-unsaturated/α-hetero) is 1. The normalized spacial score (nSPS) is 11.1. The molecule has 2 aromatic heterocycles.